The fourth-order valence-electron chi connectivity index (χ4n) is 5.12. The number of aromatic nitrogens is 5. The summed E-state index contributed by atoms with van der Waals surface area (Å²) in [6.07, 6.45) is 3.58. The summed E-state index contributed by atoms with van der Waals surface area (Å²) in [6, 6.07) is 21.8. The minimum Gasteiger partial charge on any atom is -0.395 e. The number of likely N-dealkylation sites (N-methyl/N-ethyl adjacent to an activating group) is 1. The smallest absolute Gasteiger partial charge is 0.274 e. The van der Waals surface area contributed by atoms with Crippen molar-refractivity contribution in [1.29, 1.82) is 0 Å². The third kappa shape index (κ3) is 4.86. The van der Waals surface area contributed by atoms with Crippen LogP contribution in [0.2, 0.25) is 0 Å². The van der Waals surface area contributed by atoms with Crippen molar-refractivity contribution >= 4 is 16.7 Å². The molecule has 5 aromatic rings. The van der Waals surface area contributed by atoms with Crippen LogP contribution in [0.25, 0.3) is 27.9 Å². The van der Waals surface area contributed by atoms with Gasteiger partial charge in [0.1, 0.15) is 0 Å². The Balaban J connectivity index is 1.74. The van der Waals surface area contributed by atoms with E-state index < -0.39 is 5.60 Å². The van der Waals surface area contributed by atoms with Gasteiger partial charge in [0, 0.05) is 31.1 Å². The summed E-state index contributed by atoms with van der Waals surface area (Å²) in [6.45, 7) is 9.09. The second-order valence-electron chi connectivity index (χ2n) is 9.73. The Morgan fingerprint density at radius 1 is 1.10 bits per heavy atom. The zero-order chi connectivity index (χ0) is 28.3. The molecule has 0 bridgehead atoms. The lowest BCUT2D eigenvalue weighted by Gasteiger charge is -2.36. The Bertz CT molecular complexity index is 1690. The predicted molar refractivity (Wildman–Crippen MR) is 156 cm³/mol. The third-order valence-corrected chi connectivity index (χ3v) is 7.14. The number of tetrazole rings is 1. The third-order valence-electron chi connectivity index (χ3n) is 7.14. The quantitative estimate of drug-likeness (QED) is 0.231. The maximum Gasteiger partial charge on any atom is 0.274 e. The van der Waals surface area contributed by atoms with E-state index in [1.165, 1.54) is 0 Å². The molecule has 0 amide bonds. The van der Waals surface area contributed by atoms with Gasteiger partial charge in [0.2, 0.25) is 0 Å². The lowest BCUT2D eigenvalue weighted by molar-refractivity contribution is 0.0969. The van der Waals surface area contributed by atoms with E-state index in [9.17, 15) is 5.11 Å². The molecule has 0 aliphatic rings. The van der Waals surface area contributed by atoms with Gasteiger partial charge in [-0.25, -0.2) is 4.98 Å². The molecule has 0 aliphatic carbocycles. The van der Waals surface area contributed by atoms with Crippen molar-refractivity contribution < 1.29 is 10.2 Å². The van der Waals surface area contributed by atoms with Crippen molar-refractivity contribution in [3.63, 3.8) is 0 Å². The van der Waals surface area contributed by atoms with E-state index in [0.29, 0.717) is 35.7 Å². The zero-order valence-corrected chi connectivity index (χ0v) is 22.9. The standard InChI is InChI=1S/C31H33N7O2/c1-5-28(37(4)6-2)31(40,24-12-10-22(11-13-24)20-32-16-17-39)25-14-15-27-26(19-25)29(23-9-7-8-21(3)18-23)33-30-34-35-36-38(27)30/h5-15,18-19,32,39-40H,2,16-17,20H2,1,3-4H3/b28-5-. The van der Waals surface area contributed by atoms with E-state index in [1.54, 1.807) is 10.7 Å². The summed E-state index contributed by atoms with van der Waals surface area (Å²) in [5, 5.41) is 37.9. The number of aliphatic hydroxyl groups excluding tert-OH is 1. The van der Waals surface area contributed by atoms with Gasteiger partial charge < -0.3 is 20.4 Å². The second kappa shape index (κ2) is 11.4. The van der Waals surface area contributed by atoms with E-state index >= 15 is 0 Å². The summed E-state index contributed by atoms with van der Waals surface area (Å²) >= 11 is 0. The largest absolute Gasteiger partial charge is 0.395 e. The van der Waals surface area contributed by atoms with Gasteiger partial charge in [0.05, 0.1) is 23.5 Å². The number of hydrogen-bond donors (Lipinski definition) is 3. The molecule has 2 heterocycles. The minimum absolute atomic E-state index is 0.0781. The molecule has 9 nitrogen and oxygen atoms in total. The van der Waals surface area contributed by atoms with E-state index in [0.717, 1.165) is 33.3 Å². The van der Waals surface area contributed by atoms with Crippen LogP contribution in [-0.2, 0) is 12.1 Å². The number of allylic oxidation sites excluding steroid dienone is 1. The Hall–Kier alpha value is -4.44. The number of aryl methyl sites for hydroxylation is 1. The first-order valence-electron chi connectivity index (χ1n) is 13.2. The van der Waals surface area contributed by atoms with E-state index in [2.05, 4.69) is 33.5 Å². The highest BCUT2D eigenvalue weighted by Gasteiger charge is 2.38. The van der Waals surface area contributed by atoms with Crippen molar-refractivity contribution in [1.82, 2.24) is 35.2 Å². The van der Waals surface area contributed by atoms with Gasteiger partial charge in [0.25, 0.3) is 5.78 Å². The molecule has 3 aromatic carbocycles. The summed E-state index contributed by atoms with van der Waals surface area (Å²) in [5.74, 6) is 0.401. The number of nitrogens with zero attached hydrogens (tertiary/aromatic N) is 6. The van der Waals surface area contributed by atoms with Crippen LogP contribution in [0.5, 0.6) is 0 Å². The average Bonchev–Trinajstić information content (AvgIpc) is 3.46. The molecule has 2 aromatic heterocycles. The molecule has 3 N–H and O–H groups in total. The number of nitrogens with one attached hydrogen (secondary N) is 1. The molecule has 5 rings (SSSR count). The molecule has 0 radical (unpaired) electrons. The number of fused-ring (bicyclic) bond motifs is 3. The monoisotopic (exact) mass is 535 g/mol. The van der Waals surface area contributed by atoms with Crippen LogP contribution in [0.4, 0.5) is 0 Å². The van der Waals surface area contributed by atoms with E-state index in [4.69, 9.17) is 10.1 Å². The van der Waals surface area contributed by atoms with Crippen LogP contribution in [0.1, 0.15) is 29.2 Å². The van der Waals surface area contributed by atoms with Crippen LogP contribution in [0, 0.1) is 6.92 Å². The predicted octanol–water partition coefficient (Wildman–Crippen LogP) is 3.94. The Kier molecular flexibility index (Phi) is 7.70. The zero-order valence-electron chi connectivity index (χ0n) is 22.9. The van der Waals surface area contributed by atoms with Gasteiger partial charge in [-0.15, -0.1) is 0 Å². The maximum absolute atomic E-state index is 12.7. The first-order chi connectivity index (χ1) is 19.4. The summed E-state index contributed by atoms with van der Waals surface area (Å²) in [5.41, 5.74) is 5.11. The fourth-order valence-corrected chi connectivity index (χ4v) is 5.12. The van der Waals surface area contributed by atoms with Crippen LogP contribution >= 0.6 is 0 Å². The van der Waals surface area contributed by atoms with Crippen LogP contribution in [-0.4, -0.2) is 60.3 Å². The first kappa shape index (κ1) is 27.1. The van der Waals surface area contributed by atoms with Gasteiger partial charge in [-0.2, -0.15) is 4.52 Å². The Morgan fingerprint density at radius 2 is 1.88 bits per heavy atom. The van der Waals surface area contributed by atoms with Crippen LogP contribution in [0.3, 0.4) is 0 Å². The second-order valence-corrected chi connectivity index (χ2v) is 9.73. The summed E-state index contributed by atoms with van der Waals surface area (Å²) in [7, 11) is 1.87. The molecule has 0 saturated heterocycles. The molecule has 1 unspecified atom stereocenters. The molecule has 0 saturated carbocycles. The van der Waals surface area contributed by atoms with Gasteiger partial charge in [-0.1, -0.05) is 71.8 Å². The molecular weight excluding hydrogens is 502 g/mol. The fraction of sp³-hybridized carbons (Fsp3) is 0.226. The molecule has 0 spiro atoms. The lowest BCUT2D eigenvalue weighted by Crippen LogP contribution is -2.36. The average molecular weight is 536 g/mol. The van der Waals surface area contributed by atoms with E-state index in [1.807, 2.05) is 92.5 Å². The number of aliphatic hydroxyl groups is 2. The maximum atomic E-state index is 12.7. The van der Waals surface area contributed by atoms with Crippen LogP contribution in [0.15, 0.2) is 91.3 Å². The Morgan fingerprint density at radius 3 is 2.58 bits per heavy atom. The van der Waals surface area contributed by atoms with Crippen molar-refractivity contribution in [2.45, 2.75) is 26.0 Å². The highest BCUT2D eigenvalue weighted by atomic mass is 16.3. The van der Waals surface area contributed by atoms with Gasteiger partial charge in [0.15, 0.2) is 5.60 Å². The molecule has 204 valence electrons. The number of hydrogen-bond acceptors (Lipinski definition) is 8. The van der Waals surface area contributed by atoms with Gasteiger partial charge in [-0.3, -0.25) is 0 Å². The molecule has 0 fully saturated rings. The molecule has 1 atom stereocenters. The van der Waals surface area contributed by atoms with E-state index in [-0.39, 0.29) is 6.61 Å². The SMILES string of the molecule is C=CN(C)/C(=C\C)C(O)(c1ccc(CNCCO)cc1)c1ccc2c(c1)c(-c1cccc(C)c1)nc1nnnn12. The summed E-state index contributed by atoms with van der Waals surface area (Å²) in [4.78, 5) is 6.64. The summed E-state index contributed by atoms with van der Waals surface area (Å²) < 4.78 is 1.61. The highest BCUT2D eigenvalue weighted by molar-refractivity contribution is 5.94. The minimum atomic E-state index is -1.51. The lowest BCUT2D eigenvalue weighted by atomic mass is 9.81. The van der Waals surface area contributed by atoms with Crippen LogP contribution < -0.4 is 5.32 Å². The first-order valence-corrected chi connectivity index (χ1v) is 13.2. The topological polar surface area (TPSA) is 112 Å². The molecule has 0 aliphatic heterocycles. The molecule has 9 heteroatoms. The van der Waals surface area contributed by atoms with Crippen molar-refractivity contribution in [3.8, 4) is 11.3 Å². The van der Waals surface area contributed by atoms with Crippen molar-refractivity contribution in [3.05, 3.63) is 114 Å². The molecular formula is C31H33N7O2. The van der Waals surface area contributed by atoms with Gasteiger partial charge in [-0.05, 0) is 65.4 Å². The van der Waals surface area contributed by atoms with Gasteiger partial charge >= 0.3 is 0 Å². The highest BCUT2D eigenvalue weighted by Crippen LogP contribution is 2.40. The molecule has 40 heavy (non-hydrogen) atoms. The van der Waals surface area contributed by atoms with Crippen molar-refractivity contribution in [2.75, 3.05) is 20.2 Å². The number of rotatable bonds is 10. The van der Waals surface area contributed by atoms with Crippen molar-refractivity contribution in [2.24, 2.45) is 0 Å². The normalized spacial score (nSPS) is 13.5. The Labute approximate surface area is 233 Å². The number of benzene rings is 3.